The van der Waals surface area contributed by atoms with Crippen LogP contribution in [0.4, 0.5) is 24.5 Å². The highest BCUT2D eigenvalue weighted by Crippen LogP contribution is 2.42. The van der Waals surface area contributed by atoms with Crippen LogP contribution in [0.15, 0.2) is 59.2 Å². The van der Waals surface area contributed by atoms with Gasteiger partial charge >= 0.3 is 6.18 Å². The maximum atomic E-state index is 13.7. The topological polar surface area (TPSA) is 112 Å². The molecule has 1 amide bonds. The van der Waals surface area contributed by atoms with E-state index in [1.54, 1.807) is 6.07 Å². The number of halogens is 3. The number of aryl methyl sites for hydroxylation is 1. The minimum Gasteiger partial charge on any atom is -0.496 e. The van der Waals surface area contributed by atoms with Crippen molar-refractivity contribution >= 4 is 17.3 Å². The number of ether oxygens (including phenoxy) is 1. The lowest BCUT2D eigenvalue weighted by molar-refractivity contribution is -0.384. The van der Waals surface area contributed by atoms with E-state index in [1.807, 2.05) is 0 Å². The third kappa shape index (κ3) is 3.96. The van der Waals surface area contributed by atoms with E-state index in [2.05, 4.69) is 10.4 Å². The Morgan fingerprint density at radius 1 is 1.17 bits per heavy atom. The molecule has 1 aliphatic carbocycles. The number of hydrogen-bond acceptors (Lipinski definition) is 6. The molecule has 0 aliphatic heterocycles. The van der Waals surface area contributed by atoms with Crippen LogP contribution in [-0.4, -0.2) is 27.7 Å². The number of fused-ring (bicyclic) bond motifs is 3. The van der Waals surface area contributed by atoms with Crippen molar-refractivity contribution in [3.8, 4) is 22.7 Å². The lowest BCUT2D eigenvalue weighted by Gasteiger charge is -2.15. The zero-order valence-electron chi connectivity index (χ0n) is 18.6. The first kappa shape index (κ1) is 23.1. The highest BCUT2D eigenvalue weighted by atomic mass is 19.4. The second kappa shape index (κ2) is 8.56. The van der Waals surface area contributed by atoms with Gasteiger partial charge in [-0.25, -0.2) is 4.68 Å². The highest BCUT2D eigenvalue weighted by Gasteiger charge is 2.41. The van der Waals surface area contributed by atoms with Crippen molar-refractivity contribution in [1.82, 2.24) is 9.78 Å². The van der Waals surface area contributed by atoms with Crippen molar-refractivity contribution in [2.24, 2.45) is 0 Å². The second-order valence-electron chi connectivity index (χ2n) is 7.98. The van der Waals surface area contributed by atoms with Crippen molar-refractivity contribution in [2.75, 3.05) is 12.4 Å². The van der Waals surface area contributed by atoms with Crippen molar-refractivity contribution < 1.29 is 32.0 Å². The van der Waals surface area contributed by atoms with Gasteiger partial charge in [0, 0.05) is 23.1 Å². The number of nitrogens with one attached hydrogen (secondary N) is 1. The summed E-state index contributed by atoms with van der Waals surface area (Å²) < 4.78 is 52.7. The Morgan fingerprint density at radius 2 is 1.92 bits per heavy atom. The molecule has 2 aromatic heterocycles. The molecule has 5 rings (SSSR count). The normalized spacial score (nSPS) is 12.6. The number of nitro groups is 1. The number of nitrogens with zero attached hydrogens (tertiary/aromatic N) is 3. The van der Waals surface area contributed by atoms with Crippen LogP contribution in [0.25, 0.3) is 16.9 Å². The molecule has 2 aromatic carbocycles. The lowest BCUT2D eigenvalue weighted by atomic mass is 9.94. The van der Waals surface area contributed by atoms with E-state index in [-0.39, 0.29) is 34.7 Å². The van der Waals surface area contributed by atoms with Crippen molar-refractivity contribution in [1.29, 1.82) is 0 Å². The number of carbonyl (C=O) groups is 1. The Kier molecular flexibility index (Phi) is 5.50. The van der Waals surface area contributed by atoms with Gasteiger partial charge in [-0.2, -0.15) is 18.3 Å². The molecule has 36 heavy (non-hydrogen) atoms. The van der Waals surface area contributed by atoms with Crippen molar-refractivity contribution in [3.63, 3.8) is 0 Å². The molecule has 0 radical (unpaired) electrons. The fraction of sp³-hybridized carbons (Fsp3) is 0.167. The summed E-state index contributed by atoms with van der Waals surface area (Å²) >= 11 is 0. The Balaban J connectivity index is 1.48. The van der Waals surface area contributed by atoms with Crippen LogP contribution in [0.3, 0.4) is 0 Å². The smallest absolute Gasteiger partial charge is 0.435 e. The molecule has 0 bridgehead atoms. The first-order valence-electron chi connectivity index (χ1n) is 10.7. The van der Waals surface area contributed by atoms with Gasteiger partial charge in [-0.3, -0.25) is 14.9 Å². The number of benzene rings is 2. The quantitative estimate of drug-likeness (QED) is 0.291. The van der Waals surface area contributed by atoms with Gasteiger partial charge in [-0.1, -0.05) is 0 Å². The number of aromatic nitrogens is 2. The predicted octanol–water partition coefficient (Wildman–Crippen LogP) is 5.42. The SMILES string of the molecule is COc1ccc(NC(=O)c2ccc(-n3nc(C(F)(F)F)c4c3-c3ccoc3CC4)cc2)c([N+](=O)[O-])c1. The summed E-state index contributed by atoms with van der Waals surface area (Å²) in [5, 5.41) is 17.7. The first-order valence-corrected chi connectivity index (χ1v) is 10.7. The van der Waals surface area contributed by atoms with E-state index in [0.717, 1.165) is 0 Å². The molecule has 1 aliphatic rings. The fourth-order valence-electron chi connectivity index (χ4n) is 4.21. The number of furan rings is 1. The number of methoxy groups -OCH3 is 1. The minimum atomic E-state index is -4.64. The van der Waals surface area contributed by atoms with Crippen LogP contribution in [-0.2, 0) is 19.0 Å². The number of rotatable bonds is 5. The van der Waals surface area contributed by atoms with Gasteiger partial charge in [0.1, 0.15) is 17.2 Å². The maximum Gasteiger partial charge on any atom is 0.435 e. The summed E-state index contributed by atoms with van der Waals surface area (Å²) in [6.07, 6.45) is -2.74. The molecule has 9 nitrogen and oxygen atoms in total. The zero-order chi connectivity index (χ0) is 25.6. The summed E-state index contributed by atoms with van der Waals surface area (Å²) in [4.78, 5) is 23.5. The van der Waals surface area contributed by atoms with Gasteiger partial charge in [0.15, 0.2) is 5.69 Å². The van der Waals surface area contributed by atoms with Gasteiger partial charge < -0.3 is 14.5 Å². The van der Waals surface area contributed by atoms with Gasteiger partial charge in [-0.15, -0.1) is 0 Å². The van der Waals surface area contributed by atoms with Gasteiger partial charge in [0.25, 0.3) is 11.6 Å². The molecular weight excluding hydrogens is 481 g/mol. The maximum absolute atomic E-state index is 13.7. The molecule has 0 saturated carbocycles. The Hall–Kier alpha value is -4.61. The Morgan fingerprint density at radius 3 is 2.58 bits per heavy atom. The first-order chi connectivity index (χ1) is 17.2. The van der Waals surface area contributed by atoms with E-state index < -0.39 is 22.7 Å². The molecule has 2 heterocycles. The number of amides is 1. The Bertz CT molecular complexity index is 1490. The average Bonchev–Trinajstić information content (AvgIpc) is 3.48. The lowest BCUT2D eigenvalue weighted by Crippen LogP contribution is -2.13. The summed E-state index contributed by atoms with van der Waals surface area (Å²) in [7, 11) is 1.36. The molecule has 0 saturated heterocycles. The van der Waals surface area contributed by atoms with Gasteiger partial charge in [-0.05, 0) is 48.9 Å². The Labute approximate surface area is 201 Å². The minimum absolute atomic E-state index is 0.0293. The summed E-state index contributed by atoms with van der Waals surface area (Å²) in [6, 6.07) is 11.3. The number of nitro benzene ring substituents is 1. The molecule has 0 unspecified atom stereocenters. The molecule has 184 valence electrons. The zero-order valence-corrected chi connectivity index (χ0v) is 18.6. The monoisotopic (exact) mass is 498 g/mol. The van der Waals surface area contributed by atoms with Crippen molar-refractivity contribution in [2.45, 2.75) is 19.0 Å². The molecule has 0 atom stereocenters. The van der Waals surface area contributed by atoms with E-state index in [0.29, 0.717) is 29.1 Å². The van der Waals surface area contributed by atoms with Crippen LogP contribution in [0.2, 0.25) is 0 Å². The van der Waals surface area contributed by atoms with Crippen LogP contribution in [0, 0.1) is 10.1 Å². The van der Waals surface area contributed by atoms with Crippen LogP contribution >= 0.6 is 0 Å². The number of anilines is 1. The molecule has 1 N–H and O–H groups in total. The molecule has 12 heteroatoms. The fourth-order valence-corrected chi connectivity index (χ4v) is 4.21. The van der Waals surface area contributed by atoms with Gasteiger partial charge in [0.2, 0.25) is 0 Å². The van der Waals surface area contributed by atoms with Crippen LogP contribution in [0.5, 0.6) is 5.75 Å². The van der Waals surface area contributed by atoms with E-state index in [9.17, 15) is 28.1 Å². The van der Waals surface area contributed by atoms with Crippen molar-refractivity contribution in [3.05, 3.63) is 87.5 Å². The average molecular weight is 498 g/mol. The van der Waals surface area contributed by atoms with Gasteiger partial charge in [0.05, 0.1) is 35.7 Å². The van der Waals surface area contributed by atoms with Crippen LogP contribution < -0.4 is 10.1 Å². The molecule has 0 spiro atoms. The summed E-state index contributed by atoms with van der Waals surface area (Å²) in [6.45, 7) is 0. The van der Waals surface area contributed by atoms with E-state index in [1.165, 1.54) is 60.5 Å². The van der Waals surface area contributed by atoms with E-state index >= 15 is 0 Å². The number of carbonyl (C=O) groups excluding carboxylic acids is 1. The number of alkyl halides is 3. The summed E-state index contributed by atoms with van der Waals surface area (Å²) in [5.74, 6) is 0.200. The largest absolute Gasteiger partial charge is 0.496 e. The highest BCUT2D eigenvalue weighted by molar-refractivity contribution is 6.05. The number of hydrogen-bond donors (Lipinski definition) is 1. The molecule has 4 aromatic rings. The van der Waals surface area contributed by atoms with Crippen LogP contribution in [0.1, 0.15) is 27.4 Å². The van der Waals surface area contributed by atoms with E-state index in [4.69, 9.17) is 9.15 Å². The standard InChI is InChI=1S/C24H17F3N4O5/c1-35-15-6-8-18(19(12-15)31(33)34)28-23(32)13-2-4-14(5-3-13)30-21-16-10-11-36-20(16)9-7-17(21)22(29-30)24(25,26)27/h2-6,8,10-12H,7,9H2,1H3,(H,28,32). The molecular formula is C24H17F3N4O5. The third-order valence-corrected chi connectivity index (χ3v) is 5.88. The third-order valence-electron chi connectivity index (χ3n) is 5.88. The summed E-state index contributed by atoms with van der Waals surface area (Å²) in [5.41, 5.74) is 0.0309. The second-order valence-corrected chi connectivity index (χ2v) is 7.98. The predicted molar refractivity (Wildman–Crippen MR) is 121 cm³/mol. The molecule has 0 fully saturated rings.